The molecule has 9 nitrogen and oxygen atoms in total. The van der Waals surface area contributed by atoms with Crippen LogP contribution >= 0.6 is 28.1 Å². The van der Waals surface area contributed by atoms with Crippen molar-refractivity contribution in [1.29, 1.82) is 0 Å². The molecule has 0 saturated carbocycles. The number of hydrogen-bond donors (Lipinski definition) is 1. The number of amides is 2. The maximum Gasteiger partial charge on any atom is 0.287 e. The average Bonchev–Trinajstić information content (AvgIpc) is 2.78. The van der Waals surface area contributed by atoms with Crippen LogP contribution in [-0.4, -0.2) is 26.8 Å². The Hall–Kier alpha value is -3.96. The van der Waals surface area contributed by atoms with Crippen LogP contribution < -0.4 is 15.0 Å². The SMILES string of the molecule is O=C1NC(=S)N(c2cccc(Br)c2)C(=O)C1=Cc1ccc(Oc2ccc([N+](=O)[O-])cn2)cc1. The van der Waals surface area contributed by atoms with Crippen LogP contribution in [0.25, 0.3) is 6.08 Å². The Kier molecular flexibility index (Phi) is 6.24. The second-order valence-corrected chi connectivity index (χ2v) is 8.02. The van der Waals surface area contributed by atoms with Crippen molar-refractivity contribution in [2.45, 2.75) is 0 Å². The lowest BCUT2D eigenvalue weighted by atomic mass is 10.1. The van der Waals surface area contributed by atoms with Crippen molar-refractivity contribution in [1.82, 2.24) is 10.3 Å². The van der Waals surface area contributed by atoms with E-state index in [9.17, 15) is 19.7 Å². The number of rotatable bonds is 5. The summed E-state index contributed by atoms with van der Waals surface area (Å²) in [4.78, 5) is 40.8. The van der Waals surface area contributed by atoms with Crippen LogP contribution in [0.3, 0.4) is 0 Å². The Morgan fingerprint density at radius 1 is 1.12 bits per heavy atom. The Morgan fingerprint density at radius 2 is 1.88 bits per heavy atom. The van der Waals surface area contributed by atoms with Gasteiger partial charge in [0.05, 0.1) is 10.6 Å². The summed E-state index contributed by atoms with van der Waals surface area (Å²) in [6.07, 6.45) is 2.56. The minimum atomic E-state index is -0.591. The number of benzene rings is 2. The number of pyridine rings is 1. The standard InChI is InChI=1S/C22H13BrN4O5S/c23-14-2-1-3-15(11-14)26-21(29)18(20(28)25-22(26)33)10-13-4-7-17(8-5-13)32-19-9-6-16(12-24-19)27(30)31/h1-12H,(H,25,28,33). The highest BCUT2D eigenvalue weighted by atomic mass is 79.9. The van der Waals surface area contributed by atoms with Gasteiger partial charge in [0.2, 0.25) is 5.88 Å². The van der Waals surface area contributed by atoms with Crippen molar-refractivity contribution in [3.8, 4) is 11.6 Å². The molecule has 0 atom stereocenters. The van der Waals surface area contributed by atoms with Crippen molar-refractivity contribution in [2.75, 3.05) is 4.90 Å². The van der Waals surface area contributed by atoms with Crippen LogP contribution in [0, 0.1) is 10.1 Å². The van der Waals surface area contributed by atoms with E-state index in [-0.39, 0.29) is 22.3 Å². The smallest absolute Gasteiger partial charge is 0.287 e. The van der Waals surface area contributed by atoms with Gasteiger partial charge in [-0.05, 0) is 54.2 Å². The molecule has 4 rings (SSSR count). The highest BCUT2D eigenvalue weighted by Crippen LogP contribution is 2.26. The zero-order valence-corrected chi connectivity index (χ0v) is 19.0. The molecule has 2 heterocycles. The summed E-state index contributed by atoms with van der Waals surface area (Å²) in [7, 11) is 0. The third-order valence-corrected chi connectivity index (χ3v) is 5.29. The van der Waals surface area contributed by atoms with Gasteiger partial charge in [0.15, 0.2) is 5.11 Å². The highest BCUT2D eigenvalue weighted by molar-refractivity contribution is 9.10. The van der Waals surface area contributed by atoms with Crippen molar-refractivity contribution >= 4 is 62.5 Å². The molecular formula is C22H13BrN4O5S. The maximum absolute atomic E-state index is 13.1. The van der Waals surface area contributed by atoms with Gasteiger partial charge < -0.3 is 4.74 Å². The molecule has 0 aliphatic carbocycles. The van der Waals surface area contributed by atoms with Crippen molar-refractivity contribution < 1.29 is 19.2 Å². The predicted molar refractivity (Wildman–Crippen MR) is 128 cm³/mol. The van der Waals surface area contributed by atoms with Crippen LogP contribution in [0.4, 0.5) is 11.4 Å². The first-order chi connectivity index (χ1) is 15.8. The normalized spacial score (nSPS) is 14.9. The summed E-state index contributed by atoms with van der Waals surface area (Å²) in [5.74, 6) is -0.523. The molecular weight excluding hydrogens is 512 g/mol. The van der Waals surface area contributed by atoms with Crippen LogP contribution in [0.15, 0.2) is 76.9 Å². The number of nitro groups is 1. The van der Waals surface area contributed by atoms with E-state index in [1.54, 1.807) is 42.5 Å². The van der Waals surface area contributed by atoms with Crippen LogP contribution in [0.5, 0.6) is 11.6 Å². The summed E-state index contributed by atoms with van der Waals surface area (Å²) < 4.78 is 6.33. The fourth-order valence-corrected chi connectivity index (χ4v) is 3.64. The summed E-state index contributed by atoms with van der Waals surface area (Å²) in [6, 6.07) is 16.2. The van der Waals surface area contributed by atoms with E-state index in [0.29, 0.717) is 17.0 Å². The Morgan fingerprint density at radius 3 is 2.52 bits per heavy atom. The molecule has 0 spiro atoms. The summed E-state index contributed by atoms with van der Waals surface area (Å²) in [5, 5.41) is 13.2. The van der Waals surface area contributed by atoms with E-state index in [1.165, 1.54) is 23.1 Å². The molecule has 33 heavy (non-hydrogen) atoms. The largest absolute Gasteiger partial charge is 0.439 e. The lowest BCUT2D eigenvalue weighted by molar-refractivity contribution is -0.385. The number of hydrogen-bond acceptors (Lipinski definition) is 7. The van der Waals surface area contributed by atoms with E-state index >= 15 is 0 Å². The van der Waals surface area contributed by atoms with Gasteiger partial charge in [0.1, 0.15) is 17.5 Å². The number of nitrogens with zero attached hydrogens (tertiary/aromatic N) is 3. The van der Waals surface area contributed by atoms with Crippen LogP contribution in [0.1, 0.15) is 5.56 Å². The van der Waals surface area contributed by atoms with Gasteiger partial charge >= 0.3 is 0 Å². The van der Waals surface area contributed by atoms with E-state index < -0.39 is 16.7 Å². The molecule has 2 amide bonds. The van der Waals surface area contributed by atoms with Crippen molar-refractivity contribution in [3.05, 3.63) is 92.6 Å². The molecule has 0 bridgehead atoms. The van der Waals surface area contributed by atoms with Gasteiger partial charge in [-0.15, -0.1) is 0 Å². The topological polar surface area (TPSA) is 115 Å². The summed E-state index contributed by atoms with van der Waals surface area (Å²) in [5.41, 5.74) is 0.884. The molecule has 164 valence electrons. The van der Waals surface area contributed by atoms with E-state index in [1.807, 2.05) is 6.07 Å². The molecule has 0 radical (unpaired) electrons. The minimum absolute atomic E-state index is 0.000374. The van der Waals surface area contributed by atoms with Gasteiger partial charge in [-0.2, -0.15) is 0 Å². The minimum Gasteiger partial charge on any atom is -0.439 e. The third kappa shape index (κ3) is 4.94. The first-order valence-corrected chi connectivity index (χ1v) is 10.6. The number of anilines is 1. The molecule has 1 N–H and O–H groups in total. The van der Waals surface area contributed by atoms with Gasteiger partial charge in [0, 0.05) is 16.6 Å². The van der Waals surface area contributed by atoms with E-state index in [0.717, 1.165) is 10.7 Å². The lowest BCUT2D eigenvalue weighted by Crippen LogP contribution is -2.54. The molecule has 1 saturated heterocycles. The average molecular weight is 525 g/mol. The molecule has 3 aromatic rings. The number of carbonyl (C=O) groups is 2. The molecule has 1 aliphatic rings. The zero-order valence-electron chi connectivity index (χ0n) is 16.6. The van der Waals surface area contributed by atoms with E-state index in [2.05, 4.69) is 26.2 Å². The third-order valence-electron chi connectivity index (χ3n) is 4.51. The predicted octanol–water partition coefficient (Wildman–Crippen LogP) is 4.38. The molecule has 1 aromatic heterocycles. The first-order valence-electron chi connectivity index (χ1n) is 9.37. The number of nitrogens with one attached hydrogen (secondary N) is 1. The van der Waals surface area contributed by atoms with Crippen molar-refractivity contribution in [3.63, 3.8) is 0 Å². The monoisotopic (exact) mass is 524 g/mol. The Balaban J connectivity index is 1.54. The second kappa shape index (κ2) is 9.27. The van der Waals surface area contributed by atoms with E-state index in [4.69, 9.17) is 17.0 Å². The first kappa shape index (κ1) is 22.2. The fourth-order valence-electron chi connectivity index (χ4n) is 2.97. The van der Waals surface area contributed by atoms with Gasteiger partial charge in [-0.3, -0.25) is 29.9 Å². The van der Waals surface area contributed by atoms with Crippen LogP contribution in [-0.2, 0) is 9.59 Å². The number of thiocarbonyl (C=S) groups is 1. The lowest BCUT2D eigenvalue weighted by Gasteiger charge is -2.29. The number of halogens is 1. The Bertz CT molecular complexity index is 1310. The van der Waals surface area contributed by atoms with Gasteiger partial charge in [0.25, 0.3) is 17.5 Å². The fraction of sp³-hybridized carbons (Fsp3) is 0. The maximum atomic E-state index is 13.1. The zero-order chi connectivity index (χ0) is 23.5. The summed E-state index contributed by atoms with van der Waals surface area (Å²) >= 11 is 8.56. The Labute approximate surface area is 201 Å². The highest BCUT2D eigenvalue weighted by Gasteiger charge is 2.34. The molecule has 2 aromatic carbocycles. The molecule has 1 fully saturated rings. The van der Waals surface area contributed by atoms with Crippen LogP contribution in [0.2, 0.25) is 0 Å². The molecule has 1 aliphatic heterocycles. The van der Waals surface area contributed by atoms with Gasteiger partial charge in [-0.25, -0.2) is 4.98 Å². The quantitative estimate of drug-likeness (QED) is 0.173. The number of carbonyl (C=O) groups excluding carboxylic acids is 2. The number of aromatic nitrogens is 1. The molecule has 11 heteroatoms. The molecule has 0 unspecified atom stereocenters. The number of ether oxygens (including phenoxy) is 1. The second-order valence-electron chi connectivity index (χ2n) is 6.72. The van der Waals surface area contributed by atoms with Crippen molar-refractivity contribution in [2.24, 2.45) is 0 Å². The van der Waals surface area contributed by atoms with Gasteiger partial charge in [-0.1, -0.05) is 34.1 Å². The summed E-state index contributed by atoms with van der Waals surface area (Å²) in [6.45, 7) is 0.